The van der Waals surface area contributed by atoms with Crippen molar-refractivity contribution in [3.8, 4) is 0 Å². The van der Waals surface area contributed by atoms with E-state index in [-0.39, 0.29) is 12.1 Å². The van der Waals surface area contributed by atoms with Gasteiger partial charge in [0.05, 0.1) is 0 Å². The van der Waals surface area contributed by atoms with Gasteiger partial charge in [-0.05, 0) is 110 Å². The molecule has 3 saturated carbocycles. The Kier molecular flexibility index (Phi) is 15.8. The molecule has 0 heterocycles. The number of ether oxygens (including phenoxy) is 1. The van der Waals surface area contributed by atoms with Gasteiger partial charge in [0.1, 0.15) is 6.10 Å². The maximum Gasteiger partial charge on any atom is 0.306 e. The van der Waals surface area contributed by atoms with Crippen molar-refractivity contribution in [3.63, 3.8) is 0 Å². The topological polar surface area (TPSA) is 26.3 Å². The Morgan fingerprint density at radius 2 is 1.43 bits per heavy atom. The van der Waals surface area contributed by atoms with E-state index >= 15 is 0 Å². The largest absolute Gasteiger partial charge is 0.462 e. The van der Waals surface area contributed by atoms with E-state index < -0.39 is 0 Å². The zero-order chi connectivity index (χ0) is 33.9. The van der Waals surface area contributed by atoms with Crippen LogP contribution in [0.4, 0.5) is 0 Å². The summed E-state index contributed by atoms with van der Waals surface area (Å²) in [5.74, 6) is 6.18. The van der Waals surface area contributed by atoms with Crippen LogP contribution >= 0.6 is 0 Å². The van der Waals surface area contributed by atoms with Crippen molar-refractivity contribution < 1.29 is 9.53 Å². The monoisotopic (exact) mass is 653 g/mol. The molecule has 3 fully saturated rings. The third-order valence-corrected chi connectivity index (χ3v) is 15.1. The van der Waals surface area contributed by atoms with Crippen LogP contribution in [0.3, 0.4) is 0 Å². The van der Waals surface area contributed by atoms with Gasteiger partial charge in [-0.2, -0.15) is 0 Å². The maximum absolute atomic E-state index is 12.8. The molecule has 0 aromatic heterocycles. The Labute approximate surface area is 293 Å². The van der Waals surface area contributed by atoms with Crippen molar-refractivity contribution in [2.45, 2.75) is 215 Å². The van der Waals surface area contributed by atoms with Crippen LogP contribution in [0.15, 0.2) is 11.6 Å². The molecule has 0 spiro atoms. The fraction of sp³-hybridized carbons (Fsp3) is 0.933. The summed E-state index contributed by atoms with van der Waals surface area (Å²) in [4.78, 5) is 12.8. The molecule has 272 valence electrons. The highest BCUT2D eigenvalue weighted by Crippen LogP contribution is 2.67. The second-order valence-electron chi connectivity index (χ2n) is 18.3. The smallest absolute Gasteiger partial charge is 0.306 e. The summed E-state index contributed by atoms with van der Waals surface area (Å²) in [6.07, 6.45) is 35.4. The molecular formula is C45H80O2. The predicted molar refractivity (Wildman–Crippen MR) is 202 cm³/mol. The fourth-order valence-electron chi connectivity index (χ4n) is 11.9. The third kappa shape index (κ3) is 10.1. The Bertz CT molecular complexity index is 950. The van der Waals surface area contributed by atoms with E-state index in [9.17, 15) is 4.79 Å². The highest BCUT2D eigenvalue weighted by molar-refractivity contribution is 5.69. The van der Waals surface area contributed by atoms with Crippen molar-refractivity contribution in [2.24, 2.45) is 52.3 Å². The van der Waals surface area contributed by atoms with Crippen LogP contribution in [0.5, 0.6) is 0 Å². The Morgan fingerprint density at radius 3 is 2.04 bits per heavy atom. The average Bonchev–Trinajstić information content (AvgIpc) is 3.41. The molecule has 0 saturated heterocycles. The minimum absolute atomic E-state index is 0.0640. The molecular weight excluding hydrogens is 572 g/mol. The number of esters is 1. The fourth-order valence-corrected chi connectivity index (χ4v) is 11.9. The van der Waals surface area contributed by atoms with Crippen LogP contribution in [0.1, 0.15) is 209 Å². The second-order valence-corrected chi connectivity index (χ2v) is 18.3. The summed E-state index contributed by atoms with van der Waals surface area (Å²) < 4.78 is 6.14. The van der Waals surface area contributed by atoms with Gasteiger partial charge in [0.25, 0.3) is 0 Å². The highest BCUT2D eigenvalue weighted by atomic mass is 16.5. The SMILES string of the molecule is CCCCCCCCCCCCCCCC(=O)OC1CC[C@@]2(C)C(=CC[C@H]3[C@@H]4CC[C@H]([C@H](C)CC[C@@H](CC)C(C)C)[C@@]4(C)CC[C@@H]32)C1. The van der Waals surface area contributed by atoms with E-state index in [4.69, 9.17) is 4.74 Å². The molecule has 2 nitrogen and oxygen atoms in total. The minimum Gasteiger partial charge on any atom is -0.462 e. The molecule has 0 bridgehead atoms. The van der Waals surface area contributed by atoms with E-state index in [2.05, 4.69) is 54.5 Å². The summed E-state index contributed by atoms with van der Waals surface area (Å²) >= 11 is 0. The summed E-state index contributed by atoms with van der Waals surface area (Å²) in [6, 6.07) is 0. The molecule has 4 aliphatic carbocycles. The lowest BCUT2D eigenvalue weighted by molar-refractivity contribution is -0.151. The van der Waals surface area contributed by atoms with Crippen LogP contribution in [-0.4, -0.2) is 12.1 Å². The second kappa shape index (κ2) is 19.0. The Hall–Kier alpha value is -0.790. The number of hydrogen-bond acceptors (Lipinski definition) is 2. The molecule has 4 aliphatic rings. The number of rotatable bonds is 21. The average molecular weight is 653 g/mol. The van der Waals surface area contributed by atoms with Gasteiger partial charge in [-0.3, -0.25) is 4.79 Å². The molecule has 0 aromatic rings. The van der Waals surface area contributed by atoms with E-state index in [0.717, 1.165) is 60.7 Å². The molecule has 1 unspecified atom stereocenters. The zero-order valence-electron chi connectivity index (χ0n) is 32.7. The number of carbonyl (C=O) groups excluding carboxylic acids is 1. The standard InChI is InChI=1S/C45H80O2/c1-8-10-11-12-13-14-15-16-17-18-19-20-21-22-43(46)47-38-29-31-44(6)37(33-38)25-26-39-41-28-27-40(45(41,7)32-30-42(39)44)35(5)23-24-36(9-2)34(3)4/h25,34-36,38-42H,8-24,26-33H2,1-7H3/t35-,36-,38?,39+,40-,41+,42+,44+,45-/m1/s1. The van der Waals surface area contributed by atoms with Gasteiger partial charge in [0.15, 0.2) is 0 Å². The Balaban J connectivity index is 1.16. The molecule has 47 heavy (non-hydrogen) atoms. The van der Waals surface area contributed by atoms with E-state index in [1.165, 1.54) is 135 Å². The first-order valence-corrected chi connectivity index (χ1v) is 21.5. The molecule has 0 aliphatic heterocycles. The van der Waals surface area contributed by atoms with Crippen molar-refractivity contribution in [1.29, 1.82) is 0 Å². The van der Waals surface area contributed by atoms with Crippen LogP contribution < -0.4 is 0 Å². The quantitative estimate of drug-likeness (QED) is 0.0700. The van der Waals surface area contributed by atoms with Gasteiger partial charge in [-0.25, -0.2) is 0 Å². The first kappa shape index (κ1) is 39.0. The van der Waals surface area contributed by atoms with E-state index in [1.54, 1.807) is 5.57 Å². The highest BCUT2D eigenvalue weighted by Gasteiger charge is 2.59. The number of unbranched alkanes of at least 4 members (excludes halogenated alkanes) is 12. The van der Waals surface area contributed by atoms with Crippen molar-refractivity contribution >= 4 is 5.97 Å². The summed E-state index contributed by atoms with van der Waals surface area (Å²) in [5.41, 5.74) is 2.52. The van der Waals surface area contributed by atoms with Crippen LogP contribution in [0, 0.1) is 52.3 Å². The lowest BCUT2D eigenvalue weighted by Gasteiger charge is -2.58. The van der Waals surface area contributed by atoms with Crippen LogP contribution in [-0.2, 0) is 9.53 Å². The molecule has 4 rings (SSSR count). The van der Waals surface area contributed by atoms with Gasteiger partial charge in [-0.1, -0.05) is 150 Å². The molecule has 2 heteroatoms. The maximum atomic E-state index is 12.8. The molecule has 0 radical (unpaired) electrons. The number of fused-ring (bicyclic) bond motifs is 5. The van der Waals surface area contributed by atoms with E-state index in [0.29, 0.717) is 17.3 Å². The van der Waals surface area contributed by atoms with Crippen molar-refractivity contribution in [2.75, 3.05) is 0 Å². The molecule has 0 amide bonds. The van der Waals surface area contributed by atoms with E-state index in [1.807, 2.05) is 0 Å². The van der Waals surface area contributed by atoms with Crippen molar-refractivity contribution in [3.05, 3.63) is 11.6 Å². The predicted octanol–water partition coefficient (Wildman–Crippen LogP) is 14.1. The summed E-state index contributed by atoms with van der Waals surface area (Å²) in [5, 5.41) is 0. The lowest BCUT2D eigenvalue weighted by Crippen LogP contribution is -2.51. The first-order valence-electron chi connectivity index (χ1n) is 21.5. The zero-order valence-corrected chi connectivity index (χ0v) is 32.7. The van der Waals surface area contributed by atoms with Gasteiger partial charge in [0.2, 0.25) is 0 Å². The summed E-state index contributed by atoms with van der Waals surface area (Å²) in [6.45, 7) is 17.5. The molecule has 9 atom stereocenters. The first-order chi connectivity index (χ1) is 22.6. The lowest BCUT2D eigenvalue weighted by atomic mass is 9.47. The number of hydrogen-bond donors (Lipinski definition) is 0. The number of allylic oxidation sites excluding steroid dienone is 1. The molecule has 0 N–H and O–H groups in total. The van der Waals surface area contributed by atoms with Gasteiger partial charge in [0, 0.05) is 12.8 Å². The summed E-state index contributed by atoms with van der Waals surface area (Å²) in [7, 11) is 0. The normalized spacial score (nSPS) is 33.1. The van der Waals surface area contributed by atoms with Gasteiger partial charge >= 0.3 is 5.97 Å². The minimum atomic E-state index is 0.0640. The van der Waals surface area contributed by atoms with Crippen LogP contribution in [0.2, 0.25) is 0 Å². The van der Waals surface area contributed by atoms with Crippen molar-refractivity contribution in [1.82, 2.24) is 0 Å². The third-order valence-electron chi connectivity index (χ3n) is 15.1. The van der Waals surface area contributed by atoms with Gasteiger partial charge in [-0.15, -0.1) is 0 Å². The number of carbonyl (C=O) groups is 1. The van der Waals surface area contributed by atoms with Gasteiger partial charge < -0.3 is 4.74 Å². The molecule has 0 aromatic carbocycles. The Morgan fingerprint density at radius 1 is 0.787 bits per heavy atom. The van der Waals surface area contributed by atoms with Crippen LogP contribution in [0.25, 0.3) is 0 Å².